The number of benzene rings is 1. The highest BCUT2D eigenvalue weighted by Gasteiger charge is 2.02. The standard InChI is InChI=1S/C8H11NO2/c1-2-11-7-5-3-4-6(10)8(7)9/h3-5,10H,2,9H2,1H3. The summed E-state index contributed by atoms with van der Waals surface area (Å²) in [5, 5.41) is 9.12. The van der Waals surface area contributed by atoms with Crippen molar-refractivity contribution >= 4 is 5.69 Å². The number of hydrogen-bond acceptors (Lipinski definition) is 3. The number of phenolic OH excluding ortho intramolecular Hbond substituents is 1. The number of anilines is 1. The highest BCUT2D eigenvalue weighted by atomic mass is 16.5. The predicted octanol–water partition coefficient (Wildman–Crippen LogP) is 1.37. The van der Waals surface area contributed by atoms with Crippen LogP contribution in [0, 0.1) is 0 Å². The Labute approximate surface area is 65.4 Å². The Balaban J connectivity index is 2.96. The molecule has 3 N–H and O–H groups in total. The van der Waals surface area contributed by atoms with Crippen LogP contribution >= 0.6 is 0 Å². The van der Waals surface area contributed by atoms with Crippen LogP contribution in [0.1, 0.15) is 6.92 Å². The maximum atomic E-state index is 9.12. The average Bonchev–Trinajstić information content (AvgIpc) is 1.99. The van der Waals surface area contributed by atoms with Gasteiger partial charge < -0.3 is 15.6 Å². The zero-order chi connectivity index (χ0) is 8.27. The summed E-state index contributed by atoms with van der Waals surface area (Å²) in [4.78, 5) is 0. The molecule has 0 spiro atoms. The van der Waals surface area contributed by atoms with Crippen LogP contribution in [-0.2, 0) is 0 Å². The molecule has 0 unspecified atom stereocenters. The van der Waals surface area contributed by atoms with E-state index in [9.17, 15) is 0 Å². The van der Waals surface area contributed by atoms with E-state index in [0.29, 0.717) is 18.0 Å². The van der Waals surface area contributed by atoms with Crippen molar-refractivity contribution in [2.24, 2.45) is 0 Å². The lowest BCUT2D eigenvalue weighted by atomic mass is 10.3. The van der Waals surface area contributed by atoms with E-state index < -0.39 is 0 Å². The summed E-state index contributed by atoms with van der Waals surface area (Å²) in [7, 11) is 0. The number of nitrogen functional groups attached to an aromatic ring is 1. The fourth-order valence-corrected chi connectivity index (χ4v) is 0.814. The van der Waals surface area contributed by atoms with Gasteiger partial charge in [0.2, 0.25) is 0 Å². The summed E-state index contributed by atoms with van der Waals surface area (Å²) in [5.74, 6) is 0.600. The van der Waals surface area contributed by atoms with Gasteiger partial charge >= 0.3 is 0 Å². The van der Waals surface area contributed by atoms with Crippen LogP contribution in [0.4, 0.5) is 5.69 Å². The van der Waals surface area contributed by atoms with Gasteiger partial charge in [-0.15, -0.1) is 0 Å². The molecule has 0 radical (unpaired) electrons. The van der Waals surface area contributed by atoms with Crippen molar-refractivity contribution < 1.29 is 9.84 Å². The molecule has 1 rings (SSSR count). The van der Waals surface area contributed by atoms with Gasteiger partial charge in [-0.05, 0) is 19.1 Å². The third-order valence-electron chi connectivity index (χ3n) is 1.34. The molecule has 0 fully saturated rings. The number of phenols is 1. The second-order valence-corrected chi connectivity index (χ2v) is 2.12. The first-order valence-electron chi connectivity index (χ1n) is 3.46. The Morgan fingerprint density at radius 2 is 2.27 bits per heavy atom. The predicted molar refractivity (Wildman–Crippen MR) is 43.7 cm³/mol. The van der Waals surface area contributed by atoms with E-state index in [0.717, 1.165) is 0 Å². The van der Waals surface area contributed by atoms with Crippen LogP contribution in [0.3, 0.4) is 0 Å². The fraction of sp³-hybridized carbons (Fsp3) is 0.250. The Hall–Kier alpha value is -1.38. The first-order chi connectivity index (χ1) is 5.25. The van der Waals surface area contributed by atoms with Gasteiger partial charge in [0.15, 0.2) is 0 Å². The number of nitrogens with two attached hydrogens (primary N) is 1. The largest absolute Gasteiger partial charge is 0.506 e. The molecule has 3 heteroatoms. The molecule has 0 saturated heterocycles. The van der Waals surface area contributed by atoms with Crippen LogP contribution in [-0.4, -0.2) is 11.7 Å². The number of hydrogen-bond donors (Lipinski definition) is 2. The van der Waals surface area contributed by atoms with Gasteiger partial charge in [0, 0.05) is 0 Å². The molecule has 0 aromatic heterocycles. The molecule has 0 aliphatic carbocycles. The molecule has 11 heavy (non-hydrogen) atoms. The Morgan fingerprint density at radius 1 is 1.55 bits per heavy atom. The molecule has 0 atom stereocenters. The molecule has 0 bridgehead atoms. The molecule has 1 aromatic rings. The van der Waals surface area contributed by atoms with E-state index in [1.165, 1.54) is 6.07 Å². The van der Waals surface area contributed by atoms with Gasteiger partial charge in [0.25, 0.3) is 0 Å². The van der Waals surface area contributed by atoms with E-state index in [1.807, 2.05) is 6.92 Å². The molecule has 0 saturated carbocycles. The minimum atomic E-state index is 0.0657. The zero-order valence-electron chi connectivity index (χ0n) is 6.37. The summed E-state index contributed by atoms with van der Waals surface area (Å²) in [6, 6.07) is 4.94. The van der Waals surface area contributed by atoms with Crippen LogP contribution in [0.2, 0.25) is 0 Å². The van der Waals surface area contributed by atoms with Gasteiger partial charge in [-0.3, -0.25) is 0 Å². The lowest BCUT2D eigenvalue weighted by molar-refractivity contribution is 0.340. The molecular weight excluding hydrogens is 142 g/mol. The molecule has 0 heterocycles. The minimum Gasteiger partial charge on any atom is -0.506 e. The summed E-state index contributed by atoms with van der Waals surface area (Å²) in [5.41, 5.74) is 5.79. The van der Waals surface area contributed by atoms with Crippen molar-refractivity contribution in [1.29, 1.82) is 0 Å². The minimum absolute atomic E-state index is 0.0657. The first kappa shape index (κ1) is 7.72. The normalized spacial score (nSPS) is 9.55. The molecule has 1 aromatic carbocycles. The maximum absolute atomic E-state index is 9.12. The second-order valence-electron chi connectivity index (χ2n) is 2.12. The SMILES string of the molecule is CCOc1cccc(O)c1N. The van der Waals surface area contributed by atoms with Crippen LogP contribution in [0.25, 0.3) is 0 Å². The molecule has 60 valence electrons. The van der Waals surface area contributed by atoms with Crippen molar-refractivity contribution in [3.05, 3.63) is 18.2 Å². The average molecular weight is 153 g/mol. The van der Waals surface area contributed by atoms with Crippen LogP contribution in [0.5, 0.6) is 11.5 Å². The quantitative estimate of drug-likeness (QED) is 0.498. The Morgan fingerprint density at radius 3 is 2.91 bits per heavy atom. The molecule has 0 aliphatic heterocycles. The summed E-state index contributed by atoms with van der Waals surface area (Å²) in [6.45, 7) is 2.41. The van der Waals surface area contributed by atoms with Gasteiger partial charge in [-0.1, -0.05) is 6.07 Å². The van der Waals surface area contributed by atoms with Crippen molar-refractivity contribution in [1.82, 2.24) is 0 Å². The highest BCUT2D eigenvalue weighted by molar-refractivity contribution is 5.61. The number of para-hydroxylation sites is 1. The summed E-state index contributed by atoms with van der Waals surface area (Å²) in [6.07, 6.45) is 0. The van der Waals surface area contributed by atoms with Gasteiger partial charge in [0.1, 0.15) is 17.2 Å². The van der Waals surface area contributed by atoms with E-state index in [2.05, 4.69) is 0 Å². The lowest BCUT2D eigenvalue weighted by Crippen LogP contribution is -1.96. The monoisotopic (exact) mass is 153 g/mol. The summed E-state index contributed by atoms with van der Waals surface area (Å²) >= 11 is 0. The van der Waals surface area contributed by atoms with Crippen molar-refractivity contribution in [3.63, 3.8) is 0 Å². The maximum Gasteiger partial charge on any atom is 0.145 e. The van der Waals surface area contributed by atoms with Gasteiger partial charge in [0.05, 0.1) is 6.61 Å². The number of aromatic hydroxyl groups is 1. The molecule has 0 aliphatic rings. The molecule has 0 amide bonds. The topological polar surface area (TPSA) is 55.5 Å². The Kier molecular flexibility index (Phi) is 2.21. The van der Waals surface area contributed by atoms with E-state index in [-0.39, 0.29) is 5.75 Å². The first-order valence-corrected chi connectivity index (χ1v) is 3.46. The smallest absolute Gasteiger partial charge is 0.145 e. The van der Waals surface area contributed by atoms with E-state index >= 15 is 0 Å². The van der Waals surface area contributed by atoms with Crippen molar-refractivity contribution in [2.45, 2.75) is 6.92 Å². The lowest BCUT2D eigenvalue weighted by Gasteiger charge is -2.06. The second kappa shape index (κ2) is 3.14. The summed E-state index contributed by atoms with van der Waals surface area (Å²) < 4.78 is 5.13. The van der Waals surface area contributed by atoms with Crippen molar-refractivity contribution in [3.8, 4) is 11.5 Å². The van der Waals surface area contributed by atoms with E-state index in [4.69, 9.17) is 15.6 Å². The van der Waals surface area contributed by atoms with E-state index in [1.54, 1.807) is 12.1 Å². The van der Waals surface area contributed by atoms with Gasteiger partial charge in [-0.25, -0.2) is 0 Å². The number of rotatable bonds is 2. The van der Waals surface area contributed by atoms with Crippen LogP contribution < -0.4 is 10.5 Å². The molecule has 3 nitrogen and oxygen atoms in total. The Bertz CT molecular complexity index is 248. The zero-order valence-corrected chi connectivity index (χ0v) is 6.37. The highest BCUT2D eigenvalue weighted by Crippen LogP contribution is 2.29. The van der Waals surface area contributed by atoms with Gasteiger partial charge in [-0.2, -0.15) is 0 Å². The third-order valence-corrected chi connectivity index (χ3v) is 1.34. The third kappa shape index (κ3) is 1.55. The van der Waals surface area contributed by atoms with Crippen molar-refractivity contribution in [2.75, 3.05) is 12.3 Å². The number of ether oxygens (including phenoxy) is 1. The molecular formula is C8H11NO2. The van der Waals surface area contributed by atoms with Crippen LogP contribution in [0.15, 0.2) is 18.2 Å². The fourth-order valence-electron chi connectivity index (χ4n) is 0.814.